The Morgan fingerprint density at radius 1 is 1.28 bits per heavy atom. The van der Waals surface area contributed by atoms with Crippen molar-refractivity contribution in [3.8, 4) is 5.75 Å². The van der Waals surface area contributed by atoms with Crippen molar-refractivity contribution in [1.29, 1.82) is 0 Å². The van der Waals surface area contributed by atoms with Crippen molar-refractivity contribution in [2.45, 2.75) is 63.3 Å². The summed E-state index contributed by atoms with van der Waals surface area (Å²) < 4.78 is 11.3. The number of hydrogen-bond acceptors (Lipinski definition) is 5. The Labute approximate surface area is 148 Å². The predicted molar refractivity (Wildman–Crippen MR) is 94.3 cm³/mol. The maximum absolute atomic E-state index is 12.6. The number of nitrogens with one attached hydrogen (secondary N) is 3. The molecule has 1 aromatic rings. The lowest BCUT2D eigenvalue weighted by molar-refractivity contribution is -0.125. The average Bonchev–Trinajstić information content (AvgIpc) is 3.22. The van der Waals surface area contributed by atoms with E-state index in [0.717, 1.165) is 38.0 Å². The van der Waals surface area contributed by atoms with Gasteiger partial charge in [-0.3, -0.25) is 4.79 Å². The summed E-state index contributed by atoms with van der Waals surface area (Å²) in [5, 5.41) is 3.19. The number of carbonyl (C=O) groups is 1. The largest absolute Gasteiger partial charge is 0.493 e. The molecule has 3 atom stereocenters. The molecule has 2 fully saturated rings. The molecular formula is C19H27N3O3. The Morgan fingerprint density at radius 3 is 3.00 bits per heavy atom. The molecule has 2 saturated heterocycles. The first-order valence-corrected chi connectivity index (χ1v) is 9.21. The summed E-state index contributed by atoms with van der Waals surface area (Å²) in [6.45, 7) is 5.62. The number of fused-ring (bicyclic) bond motifs is 1. The number of hydrogen-bond donors (Lipinski definition) is 3. The van der Waals surface area contributed by atoms with Crippen molar-refractivity contribution in [2.24, 2.45) is 0 Å². The normalized spacial score (nSPS) is 30.6. The molecule has 3 N–H and O–H groups in total. The lowest BCUT2D eigenvalue weighted by Crippen LogP contribution is -2.51. The first kappa shape index (κ1) is 16.8. The third-order valence-corrected chi connectivity index (χ3v) is 5.38. The van der Waals surface area contributed by atoms with Crippen LogP contribution in [0.5, 0.6) is 5.75 Å². The van der Waals surface area contributed by atoms with Crippen molar-refractivity contribution in [3.05, 3.63) is 29.3 Å². The molecule has 6 heteroatoms. The van der Waals surface area contributed by atoms with E-state index in [4.69, 9.17) is 9.47 Å². The Balaban J connectivity index is 1.35. The molecule has 0 saturated carbocycles. The molecule has 0 radical (unpaired) electrons. The molecule has 1 aromatic carbocycles. The van der Waals surface area contributed by atoms with Crippen LogP contribution in [0.25, 0.3) is 0 Å². The molecule has 3 aliphatic rings. The van der Waals surface area contributed by atoms with E-state index >= 15 is 0 Å². The maximum Gasteiger partial charge on any atom is 0.238 e. The van der Waals surface area contributed by atoms with Crippen LogP contribution in [0, 0.1) is 0 Å². The second kappa shape index (κ2) is 6.59. The second-order valence-electron chi connectivity index (χ2n) is 7.90. The number of benzene rings is 1. The summed E-state index contributed by atoms with van der Waals surface area (Å²) in [6.07, 6.45) is 3.45. The monoisotopic (exact) mass is 345 g/mol. The maximum atomic E-state index is 12.6. The lowest BCUT2D eigenvalue weighted by Gasteiger charge is -2.36. The Kier molecular flexibility index (Phi) is 4.43. The zero-order valence-corrected chi connectivity index (χ0v) is 14.9. The molecule has 4 rings (SSSR count). The summed E-state index contributed by atoms with van der Waals surface area (Å²) in [7, 11) is 0. The van der Waals surface area contributed by atoms with Gasteiger partial charge in [-0.2, -0.15) is 0 Å². The van der Waals surface area contributed by atoms with E-state index in [1.54, 1.807) is 0 Å². The Morgan fingerprint density at radius 2 is 2.16 bits per heavy atom. The van der Waals surface area contributed by atoms with Crippen LogP contribution in [0.1, 0.15) is 50.3 Å². The van der Waals surface area contributed by atoms with Gasteiger partial charge in [-0.15, -0.1) is 0 Å². The van der Waals surface area contributed by atoms with Crippen LogP contribution in [0.2, 0.25) is 0 Å². The number of rotatable bonds is 3. The first-order chi connectivity index (χ1) is 12.0. The van der Waals surface area contributed by atoms with Crippen molar-refractivity contribution in [3.63, 3.8) is 0 Å². The molecule has 0 bridgehead atoms. The highest BCUT2D eigenvalue weighted by Crippen LogP contribution is 2.31. The summed E-state index contributed by atoms with van der Waals surface area (Å²) in [4.78, 5) is 12.6. The fourth-order valence-corrected chi connectivity index (χ4v) is 4.03. The van der Waals surface area contributed by atoms with E-state index in [1.807, 2.05) is 6.07 Å². The van der Waals surface area contributed by atoms with Gasteiger partial charge in [-0.25, -0.2) is 10.9 Å². The van der Waals surface area contributed by atoms with Gasteiger partial charge in [-0.1, -0.05) is 12.1 Å². The SMILES string of the molecule is CC1(C)CC(NC(=O)C2CC(c3ccc4c(c3)CCO4)NN2)CCO1. The molecule has 3 aliphatic heterocycles. The summed E-state index contributed by atoms with van der Waals surface area (Å²) in [5.41, 5.74) is 8.74. The van der Waals surface area contributed by atoms with Gasteiger partial charge in [0.25, 0.3) is 0 Å². The van der Waals surface area contributed by atoms with Gasteiger partial charge in [0.1, 0.15) is 11.8 Å². The lowest BCUT2D eigenvalue weighted by atomic mass is 9.93. The molecule has 3 heterocycles. The first-order valence-electron chi connectivity index (χ1n) is 9.21. The molecular weight excluding hydrogens is 318 g/mol. The second-order valence-corrected chi connectivity index (χ2v) is 7.90. The zero-order chi connectivity index (χ0) is 17.4. The fourth-order valence-electron chi connectivity index (χ4n) is 4.03. The van der Waals surface area contributed by atoms with E-state index in [2.05, 4.69) is 42.1 Å². The van der Waals surface area contributed by atoms with Gasteiger partial charge in [0.05, 0.1) is 12.2 Å². The number of carbonyl (C=O) groups excluding carboxylic acids is 1. The smallest absolute Gasteiger partial charge is 0.238 e. The molecule has 0 aliphatic carbocycles. The van der Waals surface area contributed by atoms with Crippen molar-refractivity contribution in [2.75, 3.05) is 13.2 Å². The molecule has 3 unspecified atom stereocenters. The minimum atomic E-state index is -0.208. The van der Waals surface area contributed by atoms with E-state index in [1.165, 1.54) is 11.1 Å². The fraction of sp³-hybridized carbons (Fsp3) is 0.632. The predicted octanol–water partition coefficient (Wildman–Crippen LogP) is 1.60. The third kappa shape index (κ3) is 3.66. The van der Waals surface area contributed by atoms with E-state index in [9.17, 15) is 4.79 Å². The molecule has 0 aromatic heterocycles. The molecule has 136 valence electrons. The van der Waals surface area contributed by atoms with E-state index in [0.29, 0.717) is 6.61 Å². The van der Waals surface area contributed by atoms with Crippen LogP contribution in [-0.2, 0) is 16.0 Å². The summed E-state index contributed by atoms with van der Waals surface area (Å²) in [5.74, 6) is 1.06. The third-order valence-electron chi connectivity index (χ3n) is 5.38. The van der Waals surface area contributed by atoms with Crippen LogP contribution in [0.3, 0.4) is 0 Å². The highest BCUT2D eigenvalue weighted by Gasteiger charge is 2.34. The minimum Gasteiger partial charge on any atom is -0.493 e. The van der Waals surface area contributed by atoms with Crippen LogP contribution in [-0.4, -0.2) is 36.8 Å². The number of hydrazine groups is 1. The topological polar surface area (TPSA) is 71.6 Å². The zero-order valence-electron chi connectivity index (χ0n) is 14.9. The number of amides is 1. The molecule has 25 heavy (non-hydrogen) atoms. The Bertz CT molecular complexity index is 661. The number of ether oxygens (including phenoxy) is 2. The summed E-state index contributed by atoms with van der Waals surface area (Å²) in [6, 6.07) is 6.45. The highest BCUT2D eigenvalue weighted by molar-refractivity contribution is 5.82. The van der Waals surface area contributed by atoms with Gasteiger partial charge in [0.15, 0.2) is 0 Å². The molecule has 1 amide bonds. The van der Waals surface area contributed by atoms with Gasteiger partial charge >= 0.3 is 0 Å². The van der Waals surface area contributed by atoms with Gasteiger partial charge in [0, 0.05) is 25.1 Å². The van der Waals surface area contributed by atoms with Gasteiger partial charge in [0.2, 0.25) is 5.91 Å². The van der Waals surface area contributed by atoms with Crippen LogP contribution in [0.4, 0.5) is 0 Å². The molecule has 0 spiro atoms. The van der Waals surface area contributed by atoms with Crippen LogP contribution >= 0.6 is 0 Å². The van der Waals surface area contributed by atoms with E-state index < -0.39 is 0 Å². The van der Waals surface area contributed by atoms with Gasteiger partial charge in [-0.05, 0) is 50.3 Å². The van der Waals surface area contributed by atoms with E-state index in [-0.39, 0.29) is 29.6 Å². The van der Waals surface area contributed by atoms with Crippen LogP contribution in [0.15, 0.2) is 18.2 Å². The standard InChI is InChI=1S/C19H27N3O3/c1-19(2)11-14(6-8-25-19)20-18(23)16-10-15(21-22-16)12-3-4-17-13(9-12)5-7-24-17/h3-4,9,14-16,21-22H,5-8,10-11H2,1-2H3,(H,20,23). The molecule has 6 nitrogen and oxygen atoms in total. The van der Waals surface area contributed by atoms with Crippen LogP contribution < -0.4 is 20.9 Å². The Hall–Kier alpha value is -1.63. The van der Waals surface area contributed by atoms with Gasteiger partial charge < -0.3 is 14.8 Å². The van der Waals surface area contributed by atoms with Crippen molar-refractivity contribution >= 4 is 5.91 Å². The quantitative estimate of drug-likeness (QED) is 0.776. The minimum absolute atomic E-state index is 0.0715. The van der Waals surface area contributed by atoms with Crippen molar-refractivity contribution < 1.29 is 14.3 Å². The van der Waals surface area contributed by atoms with Crippen molar-refractivity contribution in [1.82, 2.24) is 16.2 Å². The highest BCUT2D eigenvalue weighted by atomic mass is 16.5. The summed E-state index contributed by atoms with van der Waals surface area (Å²) >= 11 is 0. The average molecular weight is 345 g/mol.